The van der Waals surface area contributed by atoms with Crippen LogP contribution in [0.1, 0.15) is 29.6 Å². The van der Waals surface area contributed by atoms with Crippen molar-refractivity contribution < 1.29 is 18.7 Å². The Hall–Kier alpha value is -3.15. The molecule has 25 heavy (non-hydrogen) atoms. The Morgan fingerprint density at radius 2 is 1.80 bits per heavy atom. The van der Waals surface area contributed by atoms with E-state index in [1.807, 2.05) is 37.3 Å². The standard InChI is InChI=1S/C19H18N2O4/c1-2-12-23-19(22)15-8-10-16(11-9-15)24-13-17-20-21-18(25-17)14-6-4-3-5-7-14/h3-11H,2,12-13H2,1H3. The zero-order valence-corrected chi connectivity index (χ0v) is 13.8. The van der Waals surface area contributed by atoms with Crippen LogP contribution in [-0.2, 0) is 11.3 Å². The molecule has 0 N–H and O–H groups in total. The Morgan fingerprint density at radius 1 is 1.04 bits per heavy atom. The van der Waals surface area contributed by atoms with Crippen molar-refractivity contribution in [3.63, 3.8) is 0 Å². The molecule has 128 valence electrons. The molecule has 0 saturated carbocycles. The third-order valence-electron chi connectivity index (χ3n) is 3.38. The van der Waals surface area contributed by atoms with Crippen molar-refractivity contribution >= 4 is 5.97 Å². The highest BCUT2D eigenvalue weighted by atomic mass is 16.5. The van der Waals surface area contributed by atoms with Crippen LogP contribution < -0.4 is 4.74 Å². The molecule has 0 fully saturated rings. The first-order valence-corrected chi connectivity index (χ1v) is 8.04. The second-order valence-corrected chi connectivity index (χ2v) is 5.32. The molecule has 0 radical (unpaired) electrons. The molecule has 3 rings (SSSR count). The lowest BCUT2D eigenvalue weighted by molar-refractivity contribution is 0.0505. The fourth-order valence-corrected chi connectivity index (χ4v) is 2.12. The van der Waals surface area contributed by atoms with E-state index in [1.165, 1.54) is 0 Å². The lowest BCUT2D eigenvalue weighted by atomic mass is 10.2. The van der Waals surface area contributed by atoms with Crippen LogP contribution in [-0.4, -0.2) is 22.8 Å². The molecular formula is C19H18N2O4. The highest BCUT2D eigenvalue weighted by Gasteiger charge is 2.10. The second-order valence-electron chi connectivity index (χ2n) is 5.32. The van der Waals surface area contributed by atoms with Crippen molar-refractivity contribution in [3.05, 3.63) is 66.1 Å². The minimum atomic E-state index is -0.335. The molecule has 0 saturated heterocycles. The van der Waals surface area contributed by atoms with Crippen molar-refractivity contribution in [3.8, 4) is 17.2 Å². The number of aromatic nitrogens is 2. The van der Waals surface area contributed by atoms with Gasteiger partial charge in [0.25, 0.3) is 5.89 Å². The Kier molecular flexibility index (Phi) is 5.41. The summed E-state index contributed by atoms with van der Waals surface area (Å²) in [6.07, 6.45) is 0.794. The summed E-state index contributed by atoms with van der Waals surface area (Å²) in [5.74, 6) is 1.10. The Morgan fingerprint density at radius 3 is 2.52 bits per heavy atom. The number of nitrogens with zero attached hydrogens (tertiary/aromatic N) is 2. The summed E-state index contributed by atoms with van der Waals surface area (Å²) in [7, 11) is 0. The predicted octanol–water partition coefficient (Wildman–Crippen LogP) is 3.88. The van der Waals surface area contributed by atoms with E-state index in [2.05, 4.69) is 10.2 Å². The zero-order valence-electron chi connectivity index (χ0n) is 13.8. The largest absolute Gasteiger partial charge is 0.484 e. The fraction of sp³-hybridized carbons (Fsp3) is 0.211. The van der Waals surface area contributed by atoms with Gasteiger partial charge in [-0.25, -0.2) is 4.79 Å². The first kappa shape index (κ1) is 16.7. The van der Waals surface area contributed by atoms with E-state index in [9.17, 15) is 4.79 Å². The van der Waals surface area contributed by atoms with Gasteiger partial charge >= 0.3 is 5.97 Å². The van der Waals surface area contributed by atoms with Crippen LogP contribution in [0.25, 0.3) is 11.5 Å². The number of carbonyl (C=O) groups excluding carboxylic acids is 1. The van der Waals surface area contributed by atoms with E-state index < -0.39 is 0 Å². The third kappa shape index (κ3) is 4.44. The summed E-state index contributed by atoms with van der Waals surface area (Å²) < 4.78 is 16.3. The lowest BCUT2D eigenvalue weighted by Crippen LogP contribution is -2.05. The van der Waals surface area contributed by atoms with Gasteiger partial charge in [0.15, 0.2) is 6.61 Å². The molecule has 0 atom stereocenters. The van der Waals surface area contributed by atoms with E-state index >= 15 is 0 Å². The van der Waals surface area contributed by atoms with E-state index in [-0.39, 0.29) is 12.6 Å². The fourth-order valence-electron chi connectivity index (χ4n) is 2.12. The van der Waals surface area contributed by atoms with Gasteiger partial charge in [0.2, 0.25) is 5.89 Å². The minimum Gasteiger partial charge on any atom is -0.484 e. The second kappa shape index (κ2) is 8.10. The molecule has 0 aliphatic carbocycles. The third-order valence-corrected chi connectivity index (χ3v) is 3.38. The van der Waals surface area contributed by atoms with Gasteiger partial charge in [-0.1, -0.05) is 25.1 Å². The molecule has 6 nitrogen and oxygen atoms in total. The monoisotopic (exact) mass is 338 g/mol. The molecule has 0 amide bonds. The number of benzene rings is 2. The van der Waals surface area contributed by atoms with Crippen molar-refractivity contribution in [2.45, 2.75) is 20.0 Å². The number of ether oxygens (including phenoxy) is 2. The normalized spacial score (nSPS) is 10.4. The van der Waals surface area contributed by atoms with Crippen LogP contribution in [0.3, 0.4) is 0 Å². The van der Waals surface area contributed by atoms with Crippen molar-refractivity contribution in [2.24, 2.45) is 0 Å². The van der Waals surface area contributed by atoms with Gasteiger partial charge in [0, 0.05) is 5.56 Å². The summed E-state index contributed by atoms with van der Waals surface area (Å²) in [5, 5.41) is 7.98. The van der Waals surface area contributed by atoms with E-state index in [1.54, 1.807) is 24.3 Å². The number of esters is 1. The first-order valence-electron chi connectivity index (χ1n) is 8.04. The Bertz CT molecular complexity index is 813. The summed E-state index contributed by atoms with van der Waals surface area (Å²) >= 11 is 0. The zero-order chi connectivity index (χ0) is 17.5. The Labute approximate surface area is 145 Å². The van der Waals surface area contributed by atoms with E-state index in [4.69, 9.17) is 13.9 Å². The molecule has 0 unspecified atom stereocenters. The molecule has 0 aliphatic heterocycles. The average molecular weight is 338 g/mol. The van der Waals surface area contributed by atoms with Crippen molar-refractivity contribution in [1.29, 1.82) is 0 Å². The maximum Gasteiger partial charge on any atom is 0.338 e. The van der Waals surface area contributed by atoms with Gasteiger partial charge in [0.1, 0.15) is 5.75 Å². The van der Waals surface area contributed by atoms with Crippen LogP contribution in [0.2, 0.25) is 0 Å². The van der Waals surface area contributed by atoms with E-state index in [0.29, 0.717) is 29.7 Å². The van der Waals surface area contributed by atoms with Crippen LogP contribution in [0.5, 0.6) is 5.75 Å². The summed E-state index contributed by atoms with van der Waals surface area (Å²) in [6, 6.07) is 16.3. The lowest BCUT2D eigenvalue weighted by Gasteiger charge is -2.05. The number of hydrogen-bond acceptors (Lipinski definition) is 6. The van der Waals surface area contributed by atoms with E-state index in [0.717, 1.165) is 12.0 Å². The first-order chi connectivity index (χ1) is 12.3. The summed E-state index contributed by atoms with van der Waals surface area (Å²) in [6.45, 7) is 2.52. The number of carbonyl (C=O) groups is 1. The SMILES string of the molecule is CCCOC(=O)c1ccc(OCc2nnc(-c3ccccc3)o2)cc1. The molecule has 2 aromatic carbocycles. The maximum atomic E-state index is 11.7. The van der Waals surface area contributed by atoms with Gasteiger partial charge in [-0.05, 0) is 42.8 Å². The van der Waals surface area contributed by atoms with Crippen LogP contribution >= 0.6 is 0 Å². The molecule has 6 heteroatoms. The number of rotatable bonds is 7. The predicted molar refractivity (Wildman–Crippen MR) is 91.1 cm³/mol. The van der Waals surface area contributed by atoms with Gasteiger partial charge in [-0.15, -0.1) is 10.2 Å². The van der Waals surface area contributed by atoms with Crippen LogP contribution in [0.15, 0.2) is 59.0 Å². The van der Waals surface area contributed by atoms with Gasteiger partial charge in [-0.2, -0.15) is 0 Å². The molecule has 3 aromatic rings. The smallest absolute Gasteiger partial charge is 0.338 e. The molecule has 0 bridgehead atoms. The highest BCUT2D eigenvalue weighted by molar-refractivity contribution is 5.89. The quantitative estimate of drug-likeness (QED) is 0.609. The van der Waals surface area contributed by atoms with Crippen molar-refractivity contribution in [2.75, 3.05) is 6.61 Å². The van der Waals surface area contributed by atoms with Crippen molar-refractivity contribution in [1.82, 2.24) is 10.2 Å². The minimum absolute atomic E-state index is 0.152. The Balaban J connectivity index is 1.57. The number of hydrogen-bond donors (Lipinski definition) is 0. The highest BCUT2D eigenvalue weighted by Crippen LogP contribution is 2.19. The molecular weight excluding hydrogens is 320 g/mol. The molecule has 1 aromatic heterocycles. The molecule has 0 spiro atoms. The summed E-state index contributed by atoms with van der Waals surface area (Å²) in [4.78, 5) is 11.7. The van der Waals surface area contributed by atoms with Crippen LogP contribution in [0, 0.1) is 0 Å². The molecule has 0 aliphatic rings. The summed E-state index contributed by atoms with van der Waals surface area (Å²) in [5.41, 5.74) is 1.35. The van der Waals surface area contributed by atoms with Crippen LogP contribution in [0.4, 0.5) is 0 Å². The average Bonchev–Trinajstić information content (AvgIpc) is 3.14. The molecule has 1 heterocycles. The van der Waals surface area contributed by atoms with Gasteiger partial charge in [0.05, 0.1) is 12.2 Å². The topological polar surface area (TPSA) is 74.5 Å². The maximum absolute atomic E-state index is 11.7. The van der Waals surface area contributed by atoms with Gasteiger partial charge in [-0.3, -0.25) is 0 Å². The van der Waals surface area contributed by atoms with Gasteiger partial charge < -0.3 is 13.9 Å².